The SMILES string of the molecule is CC1CCCCN1CCCNC(=O)c1ccccc1SCc1cccs1. The van der Waals surface area contributed by atoms with E-state index in [0.29, 0.717) is 6.04 Å². The van der Waals surface area contributed by atoms with Crippen molar-refractivity contribution in [3.05, 3.63) is 52.2 Å². The minimum atomic E-state index is 0.0472. The lowest BCUT2D eigenvalue weighted by Crippen LogP contribution is -2.39. The minimum Gasteiger partial charge on any atom is -0.352 e. The molecule has 1 aromatic heterocycles. The van der Waals surface area contributed by atoms with Crippen molar-refractivity contribution in [2.24, 2.45) is 0 Å². The Kier molecular flexibility index (Phi) is 7.59. The quantitative estimate of drug-likeness (QED) is 0.508. The van der Waals surface area contributed by atoms with Gasteiger partial charge in [-0.05, 0) is 56.3 Å². The van der Waals surface area contributed by atoms with Gasteiger partial charge in [-0.25, -0.2) is 0 Å². The number of amides is 1. The standard InChI is InChI=1S/C21H28N2OS2/c1-17-8-4-5-13-23(17)14-7-12-22-21(24)19-10-2-3-11-20(19)26-16-18-9-6-15-25-18/h2-3,6,9-11,15,17H,4-5,7-8,12-14,16H2,1H3,(H,22,24). The second-order valence-electron chi connectivity index (χ2n) is 6.85. The van der Waals surface area contributed by atoms with Crippen molar-refractivity contribution in [2.45, 2.75) is 49.3 Å². The van der Waals surface area contributed by atoms with Crippen molar-refractivity contribution < 1.29 is 4.79 Å². The maximum atomic E-state index is 12.6. The van der Waals surface area contributed by atoms with E-state index in [9.17, 15) is 4.79 Å². The number of hydrogen-bond donors (Lipinski definition) is 1. The molecule has 5 heteroatoms. The van der Waals surface area contributed by atoms with Crippen molar-refractivity contribution in [1.82, 2.24) is 10.2 Å². The zero-order valence-electron chi connectivity index (χ0n) is 15.4. The molecular weight excluding hydrogens is 360 g/mol. The van der Waals surface area contributed by atoms with Crippen molar-refractivity contribution in [3.8, 4) is 0 Å². The Bertz CT molecular complexity index is 687. The predicted molar refractivity (Wildman–Crippen MR) is 112 cm³/mol. The average molecular weight is 389 g/mol. The lowest BCUT2D eigenvalue weighted by Gasteiger charge is -2.33. The molecule has 1 fully saturated rings. The first kappa shape index (κ1) is 19.5. The summed E-state index contributed by atoms with van der Waals surface area (Å²) in [6, 6.07) is 12.8. The van der Waals surface area contributed by atoms with Gasteiger partial charge in [0.1, 0.15) is 0 Å². The van der Waals surface area contributed by atoms with Gasteiger partial charge in [0.25, 0.3) is 5.91 Å². The summed E-state index contributed by atoms with van der Waals surface area (Å²) in [4.78, 5) is 17.6. The summed E-state index contributed by atoms with van der Waals surface area (Å²) < 4.78 is 0. The molecule has 1 N–H and O–H groups in total. The van der Waals surface area contributed by atoms with Gasteiger partial charge in [0.15, 0.2) is 0 Å². The Morgan fingerprint density at radius 2 is 2.15 bits per heavy atom. The molecule has 3 nitrogen and oxygen atoms in total. The smallest absolute Gasteiger partial charge is 0.252 e. The van der Waals surface area contributed by atoms with Crippen LogP contribution in [-0.2, 0) is 5.75 Å². The molecule has 1 aromatic carbocycles. The molecule has 0 aliphatic carbocycles. The van der Waals surface area contributed by atoms with Gasteiger partial charge < -0.3 is 10.2 Å². The van der Waals surface area contributed by atoms with E-state index < -0.39 is 0 Å². The summed E-state index contributed by atoms with van der Waals surface area (Å²) in [7, 11) is 0. The third kappa shape index (κ3) is 5.60. The maximum absolute atomic E-state index is 12.6. The van der Waals surface area contributed by atoms with Crippen molar-refractivity contribution >= 4 is 29.0 Å². The third-order valence-corrected chi connectivity index (χ3v) is 7.11. The zero-order chi connectivity index (χ0) is 18.2. The van der Waals surface area contributed by atoms with Crippen LogP contribution in [-0.4, -0.2) is 36.5 Å². The van der Waals surface area contributed by atoms with E-state index in [1.165, 1.54) is 30.7 Å². The maximum Gasteiger partial charge on any atom is 0.252 e. The number of nitrogens with zero attached hydrogens (tertiary/aromatic N) is 1. The molecule has 1 aliphatic heterocycles. The minimum absolute atomic E-state index is 0.0472. The number of benzene rings is 1. The van der Waals surface area contributed by atoms with Crippen molar-refractivity contribution in [2.75, 3.05) is 19.6 Å². The summed E-state index contributed by atoms with van der Waals surface area (Å²) >= 11 is 3.50. The molecule has 1 unspecified atom stereocenters. The van der Waals surface area contributed by atoms with E-state index >= 15 is 0 Å². The molecule has 3 rings (SSSR count). The Balaban J connectivity index is 1.46. The molecule has 1 amide bonds. The number of likely N-dealkylation sites (tertiary alicyclic amines) is 1. The number of hydrogen-bond acceptors (Lipinski definition) is 4. The van der Waals surface area contributed by atoms with Crippen LogP contribution in [0.3, 0.4) is 0 Å². The van der Waals surface area contributed by atoms with Crippen LogP contribution >= 0.6 is 23.1 Å². The van der Waals surface area contributed by atoms with E-state index in [0.717, 1.165) is 35.7 Å². The van der Waals surface area contributed by atoms with E-state index in [1.807, 2.05) is 24.3 Å². The van der Waals surface area contributed by atoms with Crippen LogP contribution in [0.25, 0.3) is 0 Å². The Hall–Kier alpha value is -1.30. The molecule has 0 saturated carbocycles. The van der Waals surface area contributed by atoms with Crippen LogP contribution in [0.4, 0.5) is 0 Å². The van der Waals surface area contributed by atoms with Crippen LogP contribution in [0, 0.1) is 0 Å². The van der Waals surface area contributed by atoms with Crippen molar-refractivity contribution in [1.29, 1.82) is 0 Å². The summed E-state index contributed by atoms with van der Waals surface area (Å²) in [5, 5.41) is 5.21. The molecule has 1 aliphatic rings. The topological polar surface area (TPSA) is 32.3 Å². The summed E-state index contributed by atoms with van der Waals surface area (Å²) in [6.45, 7) is 5.35. The normalized spacial score (nSPS) is 18.0. The van der Waals surface area contributed by atoms with E-state index in [2.05, 4.69) is 34.7 Å². The molecule has 0 radical (unpaired) electrons. The number of thiophene rings is 1. The number of carbonyl (C=O) groups excluding carboxylic acids is 1. The van der Waals surface area contributed by atoms with E-state index in [1.54, 1.807) is 23.1 Å². The Morgan fingerprint density at radius 1 is 1.27 bits per heavy atom. The highest BCUT2D eigenvalue weighted by molar-refractivity contribution is 7.98. The Morgan fingerprint density at radius 3 is 2.96 bits per heavy atom. The van der Waals surface area contributed by atoms with E-state index in [4.69, 9.17) is 0 Å². The molecule has 1 saturated heterocycles. The lowest BCUT2D eigenvalue weighted by molar-refractivity contribution is 0.0946. The van der Waals surface area contributed by atoms with Gasteiger partial charge in [-0.2, -0.15) is 0 Å². The second-order valence-corrected chi connectivity index (χ2v) is 8.90. The van der Waals surface area contributed by atoms with E-state index in [-0.39, 0.29) is 5.91 Å². The fraction of sp³-hybridized carbons (Fsp3) is 0.476. The molecule has 140 valence electrons. The summed E-state index contributed by atoms with van der Waals surface area (Å²) in [5.41, 5.74) is 0.792. The van der Waals surface area contributed by atoms with Gasteiger partial charge in [-0.3, -0.25) is 4.79 Å². The molecule has 26 heavy (non-hydrogen) atoms. The predicted octanol–water partition coefficient (Wildman–Crippen LogP) is 5.03. The van der Waals surface area contributed by atoms with Gasteiger partial charge >= 0.3 is 0 Å². The van der Waals surface area contributed by atoms with Crippen LogP contribution in [0.2, 0.25) is 0 Å². The first-order valence-corrected chi connectivity index (χ1v) is 11.4. The summed E-state index contributed by atoms with van der Waals surface area (Å²) in [5.74, 6) is 0.959. The van der Waals surface area contributed by atoms with Gasteiger partial charge in [-0.15, -0.1) is 23.1 Å². The number of carbonyl (C=O) groups is 1. The van der Waals surface area contributed by atoms with Gasteiger partial charge in [0.2, 0.25) is 0 Å². The largest absolute Gasteiger partial charge is 0.352 e. The van der Waals surface area contributed by atoms with Crippen molar-refractivity contribution in [3.63, 3.8) is 0 Å². The zero-order valence-corrected chi connectivity index (χ0v) is 17.1. The van der Waals surface area contributed by atoms with Gasteiger partial charge in [-0.1, -0.05) is 24.6 Å². The van der Waals surface area contributed by atoms with Gasteiger partial charge in [0.05, 0.1) is 5.56 Å². The average Bonchev–Trinajstić information content (AvgIpc) is 3.18. The number of piperidine rings is 1. The first-order valence-electron chi connectivity index (χ1n) is 9.50. The van der Waals surface area contributed by atoms with Crippen LogP contribution in [0.1, 0.15) is 47.8 Å². The molecule has 0 bridgehead atoms. The molecule has 0 spiro atoms. The molecule has 1 atom stereocenters. The first-order chi connectivity index (χ1) is 12.7. The highest BCUT2D eigenvalue weighted by Crippen LogP contribution is 2.28. The number of rotatable bonds is 8. The fourth-order valence-corrected chi connectivity index (χ4v) is 5.22. The van der Waals surface area contributed by atoms with Gasteiger partial charge in [0, 0.05) is 34.7 Å². The monoisotopic (exact) mass is 388 g/mol. The third-order valence-electron chi connectivity index (χ3n) is 4.93. The second kappa shape index (κ2) is 10.1. The Labute approximate surface area is 165 Å². The number of nitrogens with one attached hydrogen (secondary N) is 1. The molecular formula is C21H28N2OS2. The van der Waals surface area contributed by atoms with Crippen LogP contribution in [0.5, 0.6) is 0 Å². The highest BCUT2D eigenvalue weighted by Gasteiger charge is 2.17. The van der Waals surface area contributed by atoms with Crippen LogP contribution < -0.4 is 5.32 Å². The highest BCUT2D eigenvalue weighted by atomic mass is 32.2. The lowest BCUT2D eigenvalue weighted by atomic mass is 10.0. The molecule has 2 heterocycles. The fourth-order valence-electron chi connectivity index (χ4n) is 3.39. The summed E-state index contributed by atoms with van der Waals surface area (Å²) in [6.07, 6.45) is 4.99. The number of thioether (sulfide) groups is 1. The van der Waals surface area contributed by atoms with Crippen LogP contribution in [0.15, 0.2) is 46.7 Å². The molecule has 2 aromatic rings.